The molecule has 0 atom stereocenters. The molecule has 39 heavy (non-hydrogen) atoms. The Hall–Kier alpha value is -3.23. The molecule has 2 amide bonds. The fourth-order valence-electron chi connectivity index (χ4n) is 5.58. The highest BCUT2D eigenvalue weighted by atomic mass is 79.9. The van der Waals surface area contributed by atoms with Crippen LogP contribution in [0.1, 0.15) is 70.6 Å². The molecule has 0 bridgehead atoms. The van der Waals surface area contributed by atoms with E-state index in [1.807, 2.05) is 18.2 Å². The molecule has 0 unspecified atom stereocenters. The first kappa shape index (κ1) is 26.0. The third kappa shape index (κ3) is 3.99. The molecule has 0 fully saturated rings. The molecular weight excluding hydrogens is 626 g/mol. The summed E-state index contributed by atoms with van der Waals surface area (Å²) in [5.41, 5.74) is 1.34. The number of carbonyl (C=O) groups is 3. The van der Waals surface area contributed by atoms with Crippen LogP contribution in [0.2, 0.25) is 0 Å². The quantitative estimate of drug-likeness (QED) is 0.0601. The van der Waals surface area contributed by atoms with Gasteiger partial charge in [-0.05, 0) is 53.9 Å². The first-order chi connectivity index (χ1) is 18.9. The number of fused-ring (bicyclic) bond motifs is 2. The third-order valence-corrected chi connectivity index (χ3v) is 8.64. The number of hydrogen-bond donors (Lipinski definition) is 1. The molecular formula is C31H25Br2NO5. The number of imide groups is 1. The highest BCUT2D eigenvalue weighted by Gasteiger charge is 2.30. The van der Waals surface area contributed by atoms with Crippen molar-refractivity contribution in [1.29, 1.82) is 0 Å². The van der Waals surface area contributed by atoms with Crippen LogP contribution in [0, 0.1) is 0 Å². The van der Waals surface area contributed by atoms with E-state index in [-0.39, 0.29) is 0 Å². The number of benzene rings is 5. The zero-order valence-electron chi connectivity index (χ0n) is 21.5. The summed E-state index contributed by atoms with van der Waals surface area (Å²) in [6.07, 6.45) is 3.58. The zero-order valence-corrected chi connectivity index (χ0v) is 24.7. The van der Waals surface area contributed by atoms with Gasteiger partial charge in [-0.1, -0.05) is 64.6 Å². The number of ether oxygens (including phenoxy) is 2. The molecule has 0 spiro atoms. The van der Waals surface area contributed by atoms with Gasteiger partial charge in [-0.15, -0.1) is 0 Å². The number of hydrogen-bond acceptors (Lipinski definition) is 5. The molecule has 1 aliphatic heterocycles. The van der Waals surface area contributed by atoms with E-state index < -0.39 is 17.8 Å². The third-order valence-electron chi connectivity index (χ3n) is 7.39. The van der Waals surface area contributed by atoms with Gasteiger partial charge in [-0.3, -0.25) is 14.9 Å². The summed E-state index contributed by atoms with van der Waals surface area (Å²) >= 11 is 7.48. The van der Waals surface area contributed by atoms with Crippen LogP contribution < -0.4 is 10.1 Å². The average Bonchev–Trinajstić information content (AvgIpc) is 2.92. The van der Waals surface area contributed by atoms with Gasteiger partial charge < -0.3 is 9.47 Å². The Kier molecular flexibility index (Phi) is 6.71. The minimum absolute atomic E-state index is 0.344. The van der Waals surface area contributed by atoms with Crippen LogP contribution in [-0.2, 0) is 4.74 Å². The van der Waals surface area contributed by atoms with Crippen molar-refractivity contribution >= 4 is 92.7 Å². The molecule has 0 aromatic heterocycles. The Morgan fingerprint density at radius 2 is 1.36 bits per heavy atom. The van der Waals surface area contributed by atoms with Crippen LogP contribution in [0.4, 0.5) is 0 Å². The minimum atomic E-state index is -0.420. The van der Waals surface area contributed by atoms with E-state index in [1.54, 1.807) is 18.2 Å². The number of carbonyl (C=O) groups excluding carboxylic acids is 3. The van der Waals surface area contributed by atoms with E-state index in [0.29, 0.717) is 46.4 Å². The lowest BCUT2D eigenvalue weighted by molar-refractivity contribution is 0.0501. The maximum Gasteiger partial charge on any atom is 0.338 e. The number of unbranched alkanes of at least 4 members (excludes halogenated alkanes) is 2. The van der Waals surface area contributed by atoms with Crippen LogP contribution in [0.25, 0.3) is 43.1 Å². The van der Waals surface area contributed by atoms with Crippen LogP contribution in [0.3, 0.4) is 0 Å². The SMILES string of the molecule is CCCCOC(=O)c1cc(Br)c2c3ccc4c5c(cc(Br)c(c6ccc(OCCCC)c1c62)c53)C(=O)NC4=O. The van der Waals surface area contributed by atoms with Crippen molar-refractivity contribution < 1.29 is 23.9 Å². The van der Waals surface area contributed by atoms with E-state index in [0.717, 1.165) is 66.9 Å². The number of halogens is 2. The van der Waals surface area contributed by atoms with Crippen molar-refractivity contribution in [3.05, 3.63) is 62.0 Å². The number of rotatable bonds is 8. The molecule has 8 heteroatoms. The van der Waals surface area contributed by atoms with Gasteiger partial charge in [-0.25, -0.2) is 4.79 Å². The summed E-state index contributed by atoms with van der Waals surface area (Å²) in [6.45, 7) is 5.03. The summed E-state index contributed by atoms with van der Waals surface area (Å²) < 4.78 is 13.4. The Morgan fingerprint density at radius 1 is 0.744 bits per heavy atom. The molecule has 1 heterocycles. The van der Waals surface area contributed by atoms with E-state index in [9.17, 15) is 14.4 Å². The lowest BCUT2D eigenvalue weighted by Crippen LogP contribution is -2.34. The second kappa shape index (κ2) is 10.1. The van der Waals surface area contributed by atoms with Crippen LogP contribution in [0.5, 0.6) is 5.75 Å². The number of nitrogens with one attached hydrogen (secondary N) is 1. The highest BCUT2D eigenvalue weighted by Crippen LogP contribution is 2.50. The van der Waals surface area contributed by atoms with Gasteiger partial charge in [0.15, 0.2) is 0 Å². The van der Waals surface area contributed by atoms with Gasteiger partial charge in [0, 0.05) is 52.4 Å². The van der Waals surface area contributed by atoms with Crippen molar-refractivity contribution in [3.63, 3.8) is 0 Å². The maximum atomic E-state index is 13.4. The Bertz CT molecular complexity index is 1850. The lowest BCUT2D eigenvalue weighted by atomic mass is 9.84. The predicted molar refractivity (Wildman–Crippen MR) is 160 cm³/mol. The van der Waals surface area contributed by atoms with Crippen LogP contribution >= 0.6 is 31.9 Å². The maximum absolute atomic E-state index is 13.4. The molecule has 0 saturated carbocycles. The van der Waals surface area contributed by atoms with Gasteiger partial charge >= 0.3 is 5.97 Å². The van der Waals surface area contributed by atoms with E-state index in [2.05, 4.69) is 51.0 Å². The van der Waals surface area contributed by atoms with Gasteiger partial charge in [-0.2, -0.15) is 0 Å². The van der Waals surface area contributed by atoms with Crippen molar-refractivity contribution in [2.45, 2.75) is 39.5 Å². The molecule has 6 rings (SSSR count). The first-order valence-corrected chi connectivity index (χ1v) is 14.7. The lowest BCUT2D eigenvalue weighted by Gasteiger charge is -2.24. The summed E-state index contributed by atoms with van der Waals surface area (Å²) in [5.74, 6) is -0.604. The van der Waals surface area contributed by atoms with E-state index in [4.69, 9.17) is 9.47 Å². The molecule has 1 N–H and O–H groups in total. The van der Waals surface area contributed by atoms with Crippen LogP contribution in [0.15, 0.2) is 45.3 Å². The summed E-state index contributed by atoms with van der Waals surface area (Å²) in [4.78, 5) is 39.0. The van der Waals surface area contributed by atoms with Gasteiger partial charge in [0.05, 0.1) is 18.8 Å². The summed E-state index contributed by atoms with van der Waals surface area (Å²) in [7, 11) is 0. The second-order valence-corrected chi connectivity index (χ2v) is 11.5. The average molecular weight is 651 g/mol. The Labute approximate surface area is 241 Å². The van der Waals surface area contributed by atoms with Gasteiger partial charge in [0.25, 0.3) is 11.8 Å². The van der Waals surface area contributed by atoms with Crippen molar-refractivity contribution in [2.75, 3.05) is 13.2 Å². The molecule has 0 aliphatic carbocycles. The summed E-state index contributed by atoms with van der Waals surface area (Å²) in [6, 6.07) is 11.1. The molecule has 6 nitrogen and oxygen atoms in total. The zero-order chi connectivity index (χ0) is 27.4. The van der Waals surface area contributed by atoms with Crippen molar-refractivity contribution in [1.82, 2.24) is 5.32 Å². The highest BCUT2D eigenvalue weighted by molar-refractivity contribution is 9.11. The normalized spacial score (nSPS) is 13.1. The standard InChI is InChI=1S/C31H25Br2NO5/c1-3-5-11-38-22-10-9-16-24-20(32)13-18-23-17(29(35)34-30(18)36)8-7-15(27(23)24)25-21(33)14-19(26(22)28(16)25)31(37)39-12-6-4-2/h7-10,13-14H,3-6,11-12H2,1-2H3,(H,34,35,36). The number of esters is 1. The largest absolute Gasteiger partial charge is 0.493 e. The predicted octanol–water partition coefficient (Wildman–Crippen LogP) is 8.28. The second-order valence-electron chi connectivity index (χ2n) is 9.81. The number of amides is 2. The molecule has 0 saturated heterocycles. The molecule has 5 aromatic rings. The fraction of sp³-hybridized carbons (Fsp3) is 0.258. The Balaban J connectivity index is 1.77. The van der Waals surface area contributed by atoms with Gasteiger partial charge in [0.2, 0.25) is 0 Å². The van der Waals surface area contributed by atoms with Crippen LogP contribution in [-0.4, -0.2) is 31.0 Å². The molecule has 1 aliphatic rings. The Morgan fingerprint density at radius 3 is 2.08 bits per heavy atom. The van der Waals surface area contributed by atoms with E-state index >= 15 is 0 Å². The van der Waals surface area contributed by atoms with Crippen molar-refractivity contribution in [2.24, 2.45) is 0 Å². The first-order valence-electron chi connectivity index (χ1n) is 13.1. The monoisotopic (exact) mass is 649 g/mol. The van der Waals surface area contributed by atoms with E-state index in [1.165, 1.54) is 0 Å². The molecule has 0 radical (unpaired) electrons. The molecule has 5 aromatic carbocycles. The van der Waals surface area contributed by atoms with Crippen molar-refractivity contribution in [3.8, 4) is 5.75 Å². The minimum Gasteiger partial charge on any atom is -0.493 e. The van der Waals surface area contributed by atoms with Gasteiger partial charge in [0.1, 0.15) is 5.75 Å². The fourth-order valence-corrected chi connectivity index (χ4v) is 6.86. The molecule has 198 valence electrons. The summed E-state index contributed by atoms with van der Waals surface area (Å²) in [5, 5.41) is 8.97. The topological polar surface area (TPSA) is 81.7 Å². The smallest absolute Gasteiger partial charge is 0.338 e.